The van der Waals surface area contributed by atoms with Gasteiger partial charge in [-0.05, 0) is 52.9 Å². The fraction of sp³-hybridized carbons (Fsp3) is 0.462. The molecule has 1 amide bonds. The van der Waals surface area contributed by atoms with Crippen molar-refractivity contribution < 1.29 is 13.2 Å². The number of benzene rings is 1. The molecule has 4 nitrogen and oxygen atoms in total. The van der Waals surface area contributed by atoms with E-state index in [9.17, 15) is 13.2 Å². The Balaban J connectivity index is 2.75. The summed E-state index contributed by atoms with van der Waals surface area (Å²) in [6, 6.07) is 4.32. The van der Waals surface area contributed by atoms with Crippen LogP contribution in [0.2, 0.25) is 0 Å². The highest BCUT2D eigenvalue weighted by atomic mass is 79.9. The third-order valence-electron chi connectivity index (χ3n) is 2.70. The van der Waals surface area contributed by atoms with E-state index in [1.165, 1.54) is 12.1 Å². The van der Waals surface area contributed by atoms with Crippen molar-refractivity contribution in [3.63, 3.8) is 0 Å². The number of hydrogen-bond donors (Lipinski definition) is 1. The molecule has 7 heteroatoms. The average molecular weight is 383 g/mol. The van der Waals surface area contributed by atoms with Crippen LogP contribution in [-0.4, -0.2) is 20.9 Å². The molecule has 0 aliphatic carbocycles. The molecule has 112 valence electrons. The lowest BCUT2D eigenvalue weighted by molar-refractivity contribution is 0.0952. The molecule has 0 aliphatic rings. The molecular weight excluding hydrogens is 366 g/mol. The van der Waals surface area contributed by atoms with Crippen LogP contribution in [0.4, 0.5) is 0 Å². The Labute approximate surface area is 132 Å². The first kappa shape index (κ1) is 17.5. The fourth-order valence-corrected chi connectivity index (χ4v) is 3.76. The van der Waals surface area contributed by atoms with Crippen molar-refractivity contribution in [2.45, 2.75) is 31.6 Å². The molecule has 20 heavy (non-hydrogen) atoms. The van der Waals surface area contributed by atoms with Gasteiger partial charge in [0, 0.05) is 27.3 Å². The first-order valence-corrected chi connectivity index (χ1v) is 9.34. The molecule has 1 N–H and O–H groups in total. The Bertz CT molecular complexity index is 587. The first-order chi connectivity index (χ1) is 9.21. The first-order valence-electron chi connectivity index (χ1n) is 6.24. The van der Waals surface area contributed by atoms with E-state index in [4.69, 9.17) is 10.7 Å². The number of carbonyl (C=O) groups excluding carboxylic acids is 1. The molecule has 0 spiro atoms. The Morgan fingerprint density at radius 2 is 2.05 bits per heavy atom. The largest absolute Gasteiger partial charge is 0.352 e. The number of amides is 1. The summed E-state index contributed by atoms with van der Waals surface area (Å²) in [4.78, 5) is 11.8. The molecule has 0 saturated carbocycles. The molecule has 1 rings (SSSR count). The molecule has 0 unspecified atom stereocenters. The second-order valence-corrected chi connectivity index (χ2v) is 8.26. The Kier molecular flexibility index (Phi) is 6.48. The van der Waals surface area contributed by atoms with E-state index in [2.05, 4.69) is 35.1 Å². The minimum Gasteiger partial charge on any atom is -0.352 e. The summed E-state index contributed by atoms with van der Waals surface area (Å²) in [5, 5.41) is 2.76. The van der Waals surface area contributed by atoms with Gasteiger partial charge in [-0.3, -0.25) is 4.79 Å². The van der Waals surface area contributed by atoms with E-state index >= 15 is 0 Å². The minimum absolute atomic E-state index is 0.103. The second kappa shape index (κ2) is 7.43. The second-order valence-electron chi connectivity index (χ2n) is 4.88. The van der Waals surface area contributed by atoms with Gasteiger partial charge in [0.25, 0.3) is 15.0 Å². The maximum atomic E-state index is 11.9. The van der Waals surface area contributed by atoms with Gasteiger partial charge in [-0.1, -0.05) is 13.8 Å². The van der Waals surface area contributed by atoms with Crippen LogP contribution in [0.25, 0.3) is 0 Å². The maximum absolute atomic E-state index is 11.9. The van der Waals surface area contributed by atoms with Crippen molar-refractivity contribution in [2.24, 2.45) is 5.92 Å². The van der Waals surface area contributed by atoms with E-state index in [0.717, 1.165) is 12.8 Å². The van der Waals surface area contributed by atoms with Crippen LogP contribution in [0.3, 0.4) is 0 Å². The summed E-state index contributed by atoms with van der Waals surface area (Å²) >= 11 is 3.10. The van der Waals surface area contributed by atoms with Crippen LogP contribution in [0, 0.1) is 5.92 Å². The van der Waals surface area contributed by atoms with Crippen LogP contribution in [0.5, 0.6) is 0 Å². The van der Waals surface area contributed by atoms with E-state index in [0.29, 0.717) is 16.9 Å². The van der Waals surface area contributed by atoms with Crippen molar-refractivity contribution in [2.75, 3.05) is 6.54 Å². The van der Waals surface area contributed by atoms with Gasteiger partial charge in [0.1, 0.15) is 0 Å². The fourth-order valence-electron chi connectivity index (χ4n) is 1.65. The van der Waals surface area contributed by atoms with E-state index < -0.39 is 9.05 Å². The number of carbonyl (C=O) groups is 1. The molecule has 1 aromatic carbocycles. The molecular formula is C13H17BrClNO3S. The van der Waals surface area contributed by atoms with Crippen molar-refractivity contribution in [1.29, 1.82) is 0 Å². The quantitative estimate of drug-likeness (QED) is 0.604. The monoisotopic (exact) mass is 381 g/mol. The highest BCUT2D eigenvalue weighted by Crippen LogP contribution is 2.26. The van der Waals surface area contributed by atoms with Crippen LogP contribution in [0.15, 0.2) is 27.6 Å². The van der Waals surface area contributed by atoms with Crippen molar-refractivity contribution in [1.82, 2.24) is 5.32 Å². The van der Waals surface area contributed by atoms with Crippen molar-refractivity contribution in [3.05, 3.63) is 28.2 Å². The lowest BCUT2D eigenvalue weighted by atomic mass is 10.1. The molecule has 0 aromatic heterocycles. The molecule has 0 radical (unpaired) electrons. The molecule has 0 atom stereocenters. The molecule has 0 aliphatic heterocycles. The normalized spacial score (nSPS) is 11.7. The van der Waals surface area contributed by atoms with Gasteiger partial charge in [-0.2, -0.15) is 0 Å². The van der Waals surface area contributed by atoms with Gasteiger partial charge in [0.15, 0.2) is 0 Å². The zero-order chi connectivity index (χ0) is 15.3. The predicted octanol–water partition coefficient (Wildman–Crippen LogP) is 3.54. The molecule has 0 saturated heterocycles. The van der Waals surface area contributed by atoms with Gasteiger partial charge in [0.2, 0.25) is 0 Å². The number of halogens is 2. The van der Waals surface area contributed by atoms with Gasteiger partial charge in [0.05, 0.1) is 4.90 Å². The Morgan fingerprint density at radius 3 is 2.60 bits per heavy atom. The Morgan fingerprint density at radius 1 is 1.40 bits per heavy atom. The van der Waals surface area contributed by atoms with E-state index in [-0.39, 0.29) is 16.4 Å². The summed E-state index contributed by atoms with van der Waals surface area (Å²) in [5.74, 6) is 0.287. The Hall–Kier alpha value is -0.590. The maximum Gasteiger partial charge on any atom is 0.262 e. The number of rotatable bonds is 6. The zero-order valence-corrected chi connectivity index (χ0v) is 14.5. The van der Waals surface area contributed by atoms with E-state index in [1.807, 2.05) is 0 Å². The SMILES string of the molecule is CC(C)CCCNC(=O)c1ccc(Br)c(S(=O)(=O)Cl)c1. The summed E-state index contributed by atoms with van der Waals surface area (Å²) in [7, 11) is 1.43. The molecule has 0 bridgehead atoms. The summed E-state index contributed by atoms with van der Waals surface area (Å²) in [5.41, 5.74) is 0.275. The predicted molar refractivity (Wildman–Crippen MR) is 83.6 cm³/mol. The van der Waals surface area contributed by atoms with Gasteiger partial charge in [-0.25, -0.2) is 8.42 Å². The zero-order valence-electron chi connectivity index (χ0n) is 11.3. The molecule has 0 fully saturated rings. The van der Waals surface area contributed by atoms with Gasteiger partial charge >= 0.3 is 0 Å². The third kappa shape index (κ3) is 5.42. The number of hydrogen-bond acceptors (Lipinski definition) is 3. The summed E-state index contributed by atoms with van der Waals surface area (Å²) in [6.07, 6.45) is 1.92. The summed E-state index contributed by atoms with van der Waals surface area (Å²) in [6.45, 7) is 4.80. The van der Waals surface area contributed by atoms with Crippen LogP contribution >= 0.6 is 26.6 Å². The van der Waals surface area contributed by atoms with Gasteiger partial charge < -0.3 is 5.32 Å². The lowest BCUT2D eigenvalue weighted by Gasteiger charge is -2.08. The molecule has 0 heterocycles. The van der Waals surface area contributed by atoms with Crippen molar-refractivity contribution in [3.8, 4) is 0 Å². The highest BCUT2D eigenvalue weighted by molar-refractivity contribution is 9.10. The van der Waals surface area contributed by atoms with Crippen molar-refractivity contribution >= 4 is 41.6 Å². The van der Waals surface area contributed by atoms with E-state index in [1.54, 1.807) is 6.07 Å². The lowest BCUT2D eigenvalue weighted by Crippen LogP contribution is -2.24. The van der Waals surface area contributed by atoms with Crippen LogP contribution in [0.1, 0.15) is 37.0 Å². The standard InChI is InChI=1S/C13H17BrClNO3S/c1-9(2)4-3-7-16-13(17)10-5-6-11(14)12(8-10)20(15,18)19/h5-6,8-9H,3-4,7H2,1-2H3,(H,16,17). The smallest absolute Gasteiger partial charge is 0.262 e. The number of nitrogens with one attached hydrogen (secondary N) is 1. The highest BCUT2D eigenvalue weighted by Gasteiger charge is 2.17. The average Bonchev–Trinajstić information content (AvgIpc) is 2.33. The topological polar surface area (TPSA) is 63.2 Å². The van der Waals surface area contributed by atoms with Gasteiger partial charge in [-0.15, -0.1) is 0 Å². The molecule has 1 aromatic rings. The van der Waals surface area contributed by atoms with Crippen LogP contribution in [-0.2, 0) is 9.05 Å². The van der Waals surface area contributed by atoms with Crippen LogP contribution < -0.4 is 5.32 Å². The summed E-state index contributed by atoms with van der Waals surface area (Å²) < 4.78 is 23.1. The third-order valence-corrected chi connectivity index (χ3v) is 5.02. The minimum atomic E-state index is -3.88.